The molecule has 6 heteroatoms. The van der Waals surface area contributed by atoms with E-state index in [0.29, 0.717) is 18.8 Å². The monoisotopic (exact) mass is 476 g/mol. The number of alkyl carbamates (subject to hydrolysis) is 1. The Bertz CT molecular complexity index is 1220. The van der Waals surface area contributed by atoms with Crippen LogP contribution in [0.3, 0.4) is 0 Å². The minimum atomic E-state index is -0.551. The number of carbonyl (C=O) groups excluding carboxylic acids is 1. The average Bonchev–Trinajstić information content (AvgIpc) is 3.10. The number of fused-ring (bicyclic) bond motifs is 3. The number of hydrogen-bond acceptors (Lipinski definition) is 4. The number of amides is 1. The Morgan fingerprint density at radius 3 is 2.51 bits per heavy atom. The van der Waals surface area contributed by atoms with Crippen molar-refractivity contribution in [2.45, 2.75) is 52.6 Å². The molecular formula is C29H33FN2O3. The van der Waals surface area contributed by atoms with Crippen LogP contribution in [-0.4, -0.2) is 29.8 Å². The highest BCUT2D eigenvalue weighted by Gasteiger charge is 2.40. The molecule has 2 aromatic carbocycles. The van der Waals surface area contributed by atoms with Crippen molar-refractivity contribution in [2.75, 3.05) is 13.2 Å². The van der Waals surface area contributed by atoms with E-state index in [-0.39, 0.29) is 23.8 Å². The second-order valence-corrected chi connectivity index (χ2v) is 10.7. The van der Waals surface area contributed by atoms with E-state index in [0.717, 1.165) is 22.3 Å². The summed E-state index contributed by atoms with van der Waals surface area (Å²) in [7, 11) is 0. The van der Waals surface area contributed by atoms with Gasteiger partial charge in [-0.1, -0.05) is 50.2 Å². The van der Waals surface area contributed by atoms with Crippen LogP contribution in [0, 0.1) is 11.2 Å². The molecule has 35 heavy (non-hydrogen) atoms. The highest BCUT2D eigenvalue weighted by atomic mass is 19.1. The van der Waals surface area contributed by atoms with Gasteiger partial charge in [0.05, 0.1) is 6.54 Å². The van der Waals surface area contributed by atoms with Crippen molar-refractivity contribution in [1.29, 1.82) is 0 Å². The molecule has 184 valence electrons. The van der Waals surface area contributed by atoms with Gasteiger partial charge in [-0.15, -0.1) is 0 Å². The fourth-order valence-corrected chi connectivity index (χ4v) is 4.92. The zero-order valence-electron chi connectivity index (χ0n) is 21.0. The minimum absolute atomic E-state index is 0.0336. The molecule has 1 aliphatic rings. The van der Waals surface area contributed by atoms with Gasteiger partial charge in [0, 0.05) is 17.7 Å². The number of carbonyl (C=O) groups is 1. The summed E-state index contributed by atoms with van der Waals surface area (Å²) in [6.07, 6.45) is 1.90. The highest BCUT2D eigenvalue weighted by Crippen LogP contribution is 2.54. The minimum Gasteiger partial charge on any atom is -0.476 e. The third-order valence-corrected chi connectivity index (χ3v) is 6.17. The maximum atomic E-state index is 14.3. The van der Waals surface area contributed by atoms with Gasteiger partial charge in [0.25, 0.3) is 0 Å². The van der Waals surface area contributed by atoms with Gasteiger partial charge >= 0.3 is 6.09 Å². The number of halogens is 1. The molecule has 0 aliphatic heterocycles. The molecular weight excluding hydrogens is 443 g/mol. The van der Waals surface area contributed by atoms with Gasteiger partial charge in [-0.2, -0.15) is 0 Å². The van der Waals surface area contributed by atoms with E-state index in [9.17, 15) is 9.18 Å². The molecule has 4 rings (SSSR count). The Hall–Kier alpha value is -3.41. The smallest absolute Gasteiger partial charge is 0.407 e. The number of nitrogens with zero attached hydrogens (tertiary/aromatic N) is 1. The molecule has 0 spiro atoms. The molecule has 1 aromatic heterocycles. The summed E-state index contributed by atoms with van der Waals surface area (Å²) in [5, 5.41) is 2.70. The van der Waals surface area contributed by atoms with E-state index in [1.54, 1.807) is 12.3 Å². The Morgan fingerprint density at radius 2 is 1.74 bits per heavy atom. The van der Waals surface area contributed by atoms with Crippen molar-refractivity contribution in [3.63, 3.8) is 0 Å². The van der Waals surface area contributed by atoms with Crippen molar-refractivity contribution >= 4 is 6.09 Å². The maximum absolute atomic E-state index is 14.3. The van der Waals surface area contributed by atoms with Gasteiger partial charge in [0.15, 0.2) is 0 Å². The van der Waals surface area contributed by atoms with Gasteiger partial charge in [-0.3, -0.25) is 0 Å². The van der Waals surface area contributed by atoms with Gasteiger partial charge in [-0.25, -0.2) is 14.2 Å². The Kier molecular flexibility index (Phi) is 6.84. The van der Waals surface area contributed by atoms with Crippen molar-refractivity contribution in [1.82, 2.24) is 10.3 Å². The summed E-state index contributed by atoms with van der Waals surface area (Å²) < 4.78 is 25.5. The topological polar surface area (TPSA) is 60.5 Å². The van der Waals surface area contributed by atoms with Crippen LogP contribution in [0.5, 0.6) is 5.88 Å². The fraction of sp³-hybridized carbons (Fsp3) is 0.379. The van der Waals surface area contributed by atoms with Gasteiger partial charge in [-0.05, 0) is 73.1 Å². The first-order chi connectivity index (χ1) is 16.5. The third-order valence-electron chi connectivity index (χ3n) is 6.17. The van der Waals surface area contributed by atoms with Crippen LogP contribution < -0.4 is 10.1 Å². The maximum Gasteiger partial charge on any atom is 0.407 e. The largest absolute Gasteiger partial charge is 0.476 e. The van der Waals surface area contributed by atoms with Gasteiger partial charge in [0.1, 0.15) is 18.0 Å². The number of hydrogen-bond donors (Lipinski definition) is 1. The molecule has 0 fully saturated rings. The van der Waals surface area contributed by atoms with Crippen LogP contribution >= 0.6 is 0 Å². The van der Waals surface area contributed by atoms with E-state index in [2.05, 4.69) is 36.3 Å². The number of pyridine rings is 1. The second kappa shape index (κ2) is 9.68. The van der Waals surface area contributed by atoms with Crippen LogP contribution in [0.4, 0.5) is 9.18 Å². The summed E-state index contributed by atoms with van der Waals surface area (Å²) >= 11 is 0. The zero-order chi connectivity index (χ0) is 25.2. The molecule has 0 saturated heterocycles. The van der Waals surface area contributed by atoms with Crippen LogP contribution in [0.2, 0.25) is 0 Å². The van der Waals surface area contributed by atoms with Gasteiger partial charge in [0.2, 0.25) is 5.88 Å². The summed E-state index contributed by atoms with van der Waals surface area (Å²) in [4.78, 5) is 16.3. The number of rotatable bonds is 7. The predicted molar refractivity (Wildman–Crippen MR) is 135 cm³/mol. The van der Waals surface area contributed by atoms with Crippen molar-refractivity contribution in [2.24, 2.45) is 5.41 Å². The summed E-state index contributed by atoms with van der Waals surface area (Å²) in [6, 6.07) is 17.3. The molecule has 1 atom stereocenters. The Labute approximate surface area is 206 Å². The van der Waals surface area contributed by atoms with Crippen molar-refractivity contribution < 1.29 is 18.7 Å². The van der Waals surface area contributed by atoms with Crippen LogP contribution in [0.25, 0.3) is 11.1 Å². The fourth-order valence-electron chi connectivity index (χ4n) is 4.92. The van der Waals surface area contributed by atoms with E-state index >= 15 is 0 Å². The first-order valence-electron chi connectivity index (χ1n) is 12.0. The molecule has 1 unspecified atom stereocenters. The summed E-state index contributed by atoms with van der Waals surface area (Å²) in [5.41, 5.74) is 4.66. The normalized spacial score (nSPS) is 14.7. The number of nitrogens with one attached hydrogen (secondary N) is 1. The van der Waals surface area contributed by atoms with E-state index in [4.69, 9.17) is 9.47 Å². The van der Waals surface area contributed by atoms with Crippen molar-refractivity contribution in [3.05, 3.63) is 83.3 Å². The second-order valence-electron chi connectivity index (χ2n) is 10.7. The quantitative estimate of drug-likeness (QED) is 0.395. The predicted octanol–water partition coefficient (Wildman–Crippen LogP) is 6.51. The molecule has 1 amide bonds. The first kappa shape index (κ1) is 24.7. The lowest BCUT2D eigenvalue weighted by Crippen LogP contribution is -2.34. The molecule has 0 saturated carbocycles. The molecule has 1 heterocycles. The van der Waals surface area contributed by atoms with E-state index < -0.39 is 11.7 Å². The number of benzene rings is 2. The third kappa shape index (κ3) is 5.64. The standard InChI is InChI=1S/C29H33FN2O3/c1-28(2,3)35-27(33)32-15-16-34-26-19(9-8-14-31-26)18-29(4,5)25-23-11-7-6-10-21(23)22-13-12-20(30)17-24(22)25/h6-14,17,25H,15-16,18H2,1-5H3,(H,32,33). The van der Waals surface area contributed by atoms with E-state index in [1.165, 1.54) is 11.6 Å². The lowest BCUT2D eigenvalue weighted by Gasteiger charge is -2.34. The zero-order valence-corrected chi connectivity index (χ0v) is 21.0. The van der Waals surface area contributed by atoms with E-state index in [1.807, 2.05) is 51.1 Å². The molecule has 3 aromatic rings. The average molecular weight is 477 g/mol. The number of ether oxygens (including phenoxy) is 2. The lowest BCUT2D eigenvalue weighted by atomic mass is 9.70. The summed E-state index contributed by atoms with van der Waals surface area (Å²) in [6.45, 7) is 10.4. The van der Waals surface area contributed by atoms with Crippen LogP contribution in [-0.2, 0) is 11.2 Å². The molecule has 5 nitrogen and oxygen atoms in total. The molecule has 0 radical (unpaired) electrons. The van der Waals surface area contributed by atoms with Gasteiger partial charge < -0.3 is 14.8 Å². The SMILES string of the molecule is CC(C)(C)OC(=O)NCCOc1ncccc1CC(C)(C)C1c2ccccc2-c2ccc(F)cc21. The van der Waals surface area contributed by atoms with Crippen molar-refractivity contribution in [3.8, 4) is 17.0 Å². The molecule has 0 bridgehead atoms. The first-order valence-corrected chi connectivity index (χ1v) is 12.0. The number of aromatic nitrogens is 1. The Balaban J connectivity index is 1.50. The lowest BCUT2D eigenvalue weighted by molar-refractivity contribution is 0.0519. The summed E-state index contributed by atoms with van der Waals surface area (Å²) in [5.74, 6) is 0.351. The molecule has 1 N–H and O–H groups in total. The van der Waals surface area contributed by atoms with Crippen LogP contribution in [0.1, 0.15) is 57.2 Å². The van der Waals surface area contributed by atoms with Crippen LogP contribution in [0.15, 0.2) is 60.8 Å². The highest BCUT2D eigenvalue weighted by molar-refractivity contribution is 5.79. The molecule has 1 aliphatic carbocycles. The Morgan fingerprint density at radius 1 is 1.00 bits per heavy atom.